The molecular formula is C16H24ClN3O. The molecule has 0 amide bonds. The van der Waals surface area contributed by atoms with Crippen molar-refractivity contribution in [3.05, 3.63) is 29.0 Å². The van der Waals surface area contributed by atoms with Crippen molar-refractivity contribution in [2.45, 2.75) is 39.3 Å². The van der Waals surface area contributed by atoms with Crippen molar-refractivity contribution in [2.24, 2.45) is 13.0 Å². The lowest BCUT2D eigenvalue weighted by molar-refractivity contribution is 0.162. The monoisotopic (exact) mass is 309 g/mol. The molecule has 21 heavy (non-hydrogen) atoms. The number of aryl methyl sites for hydroxylation is 1. The molecule has 2 rings (SSSR count). The molecule has 2 aromatic rings. The Morgan fingerprint density at radius 1 is 1.33 bits per heavy atom. The third-order valence-electron chi connectivity index (χ3n) is 3.78. The molecule has 1 heterocycles. The van der Waals surface area contributed by atoms with Gasteiger partial charge in [0.05, 0.1) is 23.2 Å². The van der Waals surface area contributed by atoms with Gasteiger partial charge in [0.15, 0.2) is 0 Å². The molecule has 3 atom stereocenters. The normalized spacial score (nSPS) is 16.1. The summed E-state index contributed by atoms with van der Waals surface area (Å²) in [6.45, 7) is 6.93. The van der Waals surface area contributed by atoms with E-state index in [-0.39, 0.29) is 12.1 Å². The van der Waals surface area contributed by atoms with E-state index in [1.807, 2.05) is 32.2 Å². The number of aliphatic hydroxyl groups is 1. The van der Waals surface area contributed by atoms with Gasteiger partial charge in [-0.1, -0.05) is 18.5 Å². The molecule has 0 radical (unpaired) electrons. The minimum absolute atomic E-state index is 0.151. The Bertz CT molecular complexity index is 609. The first-order chi connectivity index (χ1) is 9.88. The zero-order valence-corrected chi connectivity index (χ0v) is 13.9. The maximum absolute atomic E-state index is 9.41. The molecule has 0 aliphatic rings. The van der Waals surface area contributed by atoms with Gasteiger partial charge in [0.2, 0.25) is 0 Å². The van der Waals surface area contributed by atoms with E-state index in [1.54, 1.807) is 0 Å². The molecule has 0 bridgehead atoms. The quantitative estimate of drug-likeness (QED) is 0.861. The summed E-state index contributed by atoms with van der Waals surface area (Å²) in [4.78, 5) is 4.68. The van der Waals surface area contributed by atoms with E-state index in [2.05, 4.69) is 28.7 Å². The number of fused-ring (bicyclic) bond motifs is 1. The number of halogens is 1. The van der Waals surface area contributed by atoms with Crippen molar-refractivity contribution in [3.8, 4) is 0 Å². The van der Waals surface area contributed by atoms with E-state index < -0.39 is 0 Å². The summed E-state index contributed by atoms with van der Waals surface area (Å²) in [7, 11) is 2.02. The topological polar surface area (TPSA) is 50.1 Å². The molecule has 0 saturated heterocycles. The fourth-order valence-corrected chi connectivity index (χ4v) is 2.88. The van der Waals surface area contributed by atoms with E-state index in [4.69, 9.17) is 11.6 Å². The van der Waals surface area contributed by atoms with Gasteiger partial charge in [0.25, 0.3) is 0 Å². The van der Waals surface area contributed by atoms with Crippen molar-refractivity contribution in [1.82, 2.24) is 14.9 Å². The van der Waals surface area contributed by atoms with Gasteiger partial charge in [0.1, 0.15) is 5.82 Å². The maximum atomic E-state index is 9.41. The highest BCUT2D eigenvalue weighted by Crippen LogP contribution is 2.22. The van der Waals surface area contributed by atoms with Crippen LogP contribution in [0.25, 0.3) is 11.0 Å². The van der Waals surface area contributed by atoms with Crippen LogP contribution in [0.1, 0.15) is 39.1 Å². The minimum Gasteiger partial charge on any atom is -0.393 e. The number of hydrogen-bond donors (Lipinski definition) is 2. The second kappa shape index (κ2) is 6.77. The SMILES string of the molecule is CC(O)CC(C)CNC(C)c1nc2cc(Cl)ccc2n1C. The van der Waals surface area contributed by atoms with Crippen molar-refractivity contribution >= 4 is 22.6 Å². The predicted octanol–water partition coefficient (Wildman–Crippen LogP) is 3.28. The third-order valence-corrected chi connectivity index (χ3v) is 4.02. The number of nitrogens with one attached hydrogen (secondary N) is 1. The summed E-state index contributed by atoms with van der Waals surface area (Å²) in [6, 6.07) is 5.93. The highest BCUT2D eigenvalue weighted by Gasteiger charge is 2.15. The lowest BCUT2D eigenvalue weighted by atomic mass is 10.0. The van der Waals surface area contributed by atoms with Crippen LogP contribution in [-0.2, 0) is 7.05 Å². The van der Waals surface area contributed by atoms with E-state index in [0.717, 1.165) is 29.8 Å². The Morgan fingerprint density at radius 2 is 2.05 bits per heavy atom. The van der Waals surface area contributed by atoms with Crippen LogP contribution in [0.4, 0.5) is 0 Å². The Balaban J connectivity index is 2.09. The number of benzene rings is 1. The molecule has 0 aliphatic carbocycles. The molecule has 5 heteroatoms. The molecule has 2 N–H and O–H groups in total. The number of aliphatic hydroxyl groups excluding tert-OH is 1. The van der Waals surface area contributed by atoms with Gasteiger partial charge in [-0.25, -0.2) is 4.98 Å². The van der Waals surface area contributed by atoms with Gasteiger partial charge in [-0.05, 0) is 50.9 Å². The zero-order valence-electron chi connectivity index (χ0n) is 13.1. The Morgan fingerprint density at radius 3 is 2.71 bits per heavy atom. The van der Waals surface area contributed by atoms with Crippen LogP contribution in [0.2, 0.25) is 5.02 Å². The summed E-state index contributed by atoms with van der Waals surface area (Å²) in [5.41, 5.74) is 2.01. The van der Waals surface area contributed by atoms with Crippen LogP contribution in [0.5, 0.6) is 0 Å². The van der Waals surface area contributed by atoms with Crippen molar-refractivity contribution in [3.63, 3.8) is 0 Å². The summed E-state index contributed by atoms with van der Waals surface area (Å²) in [5, 5.41) is 13.6. The largest absolute Gasteiger partial charge is 0.393 e. The van der Waals surface area contributed by atoms with Crippen molar-refractivity contribution in [1.29, 1.82) is 0 Å². The molecular weight excluding hydrogens is 286 g/mol. The summed E-state index contributed by atoms with van der Waals surface area (Å²) < 4.78 is 2.10. The summed E-state index contributed by atoms with van der Waals surface area (Å²) in [6.07, 6.45) is 0.549. The average Bonchev–Trinajstić information content (AvgIpc) is 2.72. The van der Waals surface area contributed by atoms with Crippen LogP contribution >= 0.6 is 11.6 Å². The molecule has 116 valence electrons. The van der Waals surface area contributed by atoms with E-state index in [9.17, 15) is 5.11 Å². The zero-order chi connectivity index (χ0) is 15.6. The second-order valence-electron chi connectivity index (χ2n) is 5.98. The van der Waals surface area contributed by atoms with Gasteiger partial charge < -0.3 is 15.0 Å². The molecule has 0 aliphatic heterocycles. The van der Waals surface area contributed by atoms with Crippen molar-refractivity contribution in [2.75, 3.05) is 6.54 Å². The summed E-state index contributed by atoms with van der Waals surface area (Å²) in [5.74, 6) is 1.42. The van der Waals surface area contributed by atoms with Gasteiger partial charge in [-0.2, -0.15) is 0 Å². The first-order valence-electron chi connectivity index (χ1n) is 7.41. The first-order valence-corrected chi connectivity index (χ1v) is 7.79. The molecule has 4 nitrogen and oxygen atoms in total. The van der Waals surface area contributed by atoms with Crippen LogP contribution in [0.3, 0.4) is 0 Å². The maximum Gasteiger partial charge on any atom is 0.126 e. The standard InChI is InChI=1S/C16H24ClN3O/c1-10(7-11(2)21)9-18-12(3)16-19-14-8-13(17)5-6-15(14)20(16)4/h5-6,8,10-12,18,21H,7,9H2,1-4H3. The lowest BCUT2D eigenvalue weighted by Crippen LogP contribution is -2.27. The number of rotatable bonds is 6. The number of nitrogens with zero attached hydrogens (tertiary/aromatic N) is 2. The highest BCUT2D eigenvalue weighted by atomic mass is 35.5. The smallest absolute Gasteiger partial charge is 0.126 e. The Kier molecular flexibility index (Phi) is 5.25. The fourth-order valence-electron chi connectivity index (χ4n) is 2.71. The van der Waals surface area contributed by atoms with E-state index >= 15 is 0 Å². The van der Waals surface area contributed by atoms with Gasteiger partial charge in [-0.15, -0.1) is 0 Å². The number of hydrogen-bond acceptors (Lipinski definition) is 3. The van der Waals surface area contributed by atoms with Gasteiger partial charge in [-0.3, -0.25) is 0 Å². The molecule has 0 fully saturated rings. The fraction of sp³-hybridized carbons (Fsp3) is 0.562. The van der Waals surface area contributed by atoms with Gasteiger partial charge in [0, 0.05) is 12.1 Å². The van der Waals surface area contributed by atoms with E-state index in [1.165, 1.54) is 0 Å². The third kappa shape index (κ3) is 3.96. The van der Waals surface area contributed by atoms with Crippen molar-refractivity contribution < 1.29 is 5.11 Å². The first kappa shape index (κ1) is 16.3. The van der Waals surface area contributed by atoms with Gasteiger partial charge >= 0.3 is 0 Å². The minimum atomic E-state index is -0.255. The molecule has 1 aromatic heterocycles. The molecule has 0 spiro atoms. The Labute approximate surface area is 131 Å². The molecule has 1 aromatic carbocycles. The number of aromatic nitrogens is 2. The van der Waals surface area contributed by atoms with Crippen LogP contribution in [-0.4, -0.2) is 27.3 Å². The average molecular weight is 310 g/mol. The number of imidazole rings is 1. The van der Waals surface area contributed by atoms with Crippen LogP contribution in [0.15, 0.2) is 18.2 Å². The van der Waals surface area contributed by atoms with Crippen LogP contribution in [0, 0.1) is 5.92 Å². The van der Waals surface area contributed by atoms with E-state index in [0.29, 0.717) is 10.9 Å². The lowest BCUT2D eigenvalue weighted by Gasteiger charge is -2.18. The predicted molar refractivity (Wildman–Crippen MR) is 87.6 cm³/mol. The molecule has 0 saturated carbocycles. The molecule has 3 unspecified atom stereocenters. The van der Waals surface area contributed by atoms with Crippen LogP contribution < -0.4 is 5.32 Å². The Hall–Kier alpha value is -1.10. The summed E-state index contributed by atoms with van der Waals surface area (Å²) >= 11 is 6.02. The second-order valence-corrected chi connectivity index (χ2v) is 6.42. The highest BCUT2D eigenvalue weighted by molar-refractivity contribution is 6.31.